The molecule has 2 heterocycles. The summed E-state index contributed by atoms with van der Waals surface area (Å²) in [4.78, 5) is 2.69. The summed E-state index contributed by atoms with van der Waals surface area (Å²) in [6.45, 7) is 9.85. The van der Waals surface area contributed by atoms with E-state index in [2.05, 4.69) is 35.8 Å². The molecule has 2 fully saturated rings. The van der Waals surface area contributed by atoms with E-state index >= 15 is 0 Å². The van der Waals surface area contributed by atoms with Gasteiger partial charge < -0.3 is 5.32 Å². The van der Waals surface area contributed by atoms with Crippen molar-refractivity contribution in [2.24, 2.45) is 5.92 Å². The average molecular weight is 214 g/mol. The van der Waals surface area contributed by atoms with Crippen LogP contribution in [0.15, 0.2) is 0 Å². The minimum absolute atomic E-state index is 0.773. The molecule has 0 aliphatic carbocycles. The lowest BCUT2D eigenvalue weighted by atomic mass is 10.1. The lowest BCUT2D eigenvalue weighted by Crippen LogP contribution is -2.46. The van der Waals surface area contributed by atoms with E-state index in [0.29, 0.717) is 0 Å². The Morgan fingerprint density at radius 3 is 3.00 bits per heavy atom. The van der Waals surface area contributed by atoms with Crippen molar-refractivity contribution >= 4 is 11.8 Å². The number of hydrogen-bond acceptors (Lipinski definition) is 3. The van der Waals surface area contributed by atoms with Gasteiger partial charge in [0.1, 0.15) is 0 Å². The fourth-order valence-corrected chi connectivity index (χ4v) is 3.62. The number of nitrogens with zero attached hydrogens (tertiary/aromatic N) is 1. The molecule has 2 nitrogen and oxygen atoms in total. The molecule has 2 aliphatic rings. The summed E-state index contributed by atoms with van der Waals surface area (Å²) in [6.07, 6.45) is 1.38. The van der Waals surface area contributed by atoms with Crippen molar-refractivity contribution in [2.75, 3.05) is 31.9 Å². The monoisotopic (exact) mass is 214 g/mol. The lowest BCUT2D eigenvalue weighted by Gasteiger charge is -2.38. The van der Waals surface area contributed by atoms with Gasteiger partial charge in [0.15, 0.2) is 0 Å². The zero-order valence-electron chi connectivity index (χ0n) is 9.33. The molecule has 0 bridgehead atoms. The lowest BCUT2D eigenvalue weighted by molar-refractivity contribution is 0.185. The highest BCUT2D eigenvalue weighted by Crippen LogP contribution is 2.25. The summed E-state index contributed by atoms with van der Waals surface area (Å²) in [5.74, 6) is 2.24. The fraction of sp³-hybridized carbons (Fsp3) is 1.00. The highest BCUT2D eigenvalue weighted by Gasteiger charge is 2.27. The molecule has 0 aromatic rings. The van der Waals surface area contributed by atoms with Crippen LogP contribution in [0, 0.1) is 5.92 Å². The molecule has 3 unspecified atom stereocenters. The number of rotatable bonds is 2. The van der Waals surface area contributed by atoms with E-state index in [1.807, 2.05) is 0 Å². The van der Waals surface area contributed by atoms with Crippen LogP contribution in [0.1, 0.15) is 20.3 Å². The minimum atomic E-state index is 0.773. The van der Waals surface area contributed by atoms with E-state index in [1.54, 1.807) is 0 Å². The smallest absolute Gasteiger partial charge is 0.0184 e. The molecule has 3 heteroatoms. The Balaban J connectivity index is 1.83. The molecule has 2 rings (SSSR count). The van der Waals surface area contributed by atoms with Gasteiger partial charge in [-0.3, -0.25) is 4.90 Å². The third-order valence-corrected chi connectivity index (χ3v) is 5.01. The van der Waals surface area contributed by atoms with Gasteiger partial charge in [0, 0.05) is 30.1 Å². The third kappa shape index (κ3) is 2.44. The zero-order valence-corrected chi connectivity index (χ0v) is 10.1. The van der Waals surface area contributed by atoms with Crippen molar-refractivity contribution in [1.29, 1.82) is 0 Å². The van der Waals surface area contributed by atoms with E-state index < -0.39 is 0 Å². The standard InChI is InChI=1S/C11H22N2S/c1-9-10(2)14-6-5-13(9)8-11-3-4-12-7-11/h9-12H,3-8H2,1-2H3. The Morgan fingerprint density at radius 1 is 1.43 bits per heavy atom. The van der Waals surface area contributed by atoms with Crippen LogP contribution in [0.25, 0.3) is 0 Å². The summed E-state index contributed by atoms with van der Waals surface area (Å²) < 4.78 is 0. The molecule has 2 aliphatic heterocycles. The van der Waals surface area contributed by atoms with Crippen LogP contribution in [0.5, 0.6) is 0 Å². The summed E-state index contributed by atoms with van der Waals surface area (Å²) in [5.41, 5.74) is 0. The van der Waals surface area contributed by atoms with Crippen molar-refractivity contribution in [2.45, 2.75) is 31.6 Å². The van der Waals surface area contributed by atoms with Crippen LogP contribution in [-0.4, -0.2) is 48.1 Å². The predicted molar refractivity (Wildman–Crippen MR) is 63.9 cm³/mol. The Bertz CT molecular complexity index is 180. The van der Waals surface area contributed by atoms with Gasteiger partial charge in [0.05, 0.1) is 0 Å². The summed E-state index contributed by atoms with van der Waals surface area (Å²) in [6, 6.07) is 0.773. The van der Waals surface area contributed by atoms with Crippen LogP contribution in [0.3, 0.4) is 0 Å². The van der Waals surface area contributed by atoms with E-state index in [4.69, 9.17) is 0 Å². The normalized spacial score (nSPS) is 40.3. The van der Waals surface area contributed by atoms with Crippen molar-refractivity contribution in [3.63, 3.8) is 0 Å². The second-order valence-electron chi connectivity index (χ2n) is 4.67. The third-order valence-electron chi connectivity index (χ3n) is 3.67. The Hall–Kier alpha value is 0.270. The topological polar surface area (TPSA) is 15.3 Å². The van der Waals surface area contributed by atoms with Gasteiger partial charge in [-0.05, 0) is 32.4 Å². The summed E-state index contributed by atoms with van der Waals surface area (Å²) in [7, 11) is 0. The van der Waals surface area contributed by atoms with Crippen LogP contribution in [0.2, 0.25) is 0 Å². The second-order valence-corrected chi connectivity index (χ2v) is 6.16. The molecule has 0 aromatic heterocycles. The largest absolute Gasteiger partial charge is 0.316 e. The first-order chi connectivity index (χ1) is 6.77. The maximum atomic E-state index is 3.46. The molecule has 0 spiro atoms. The maximum Gasteiger partial charge on any atom is 0.0184 e. The number of hydrogen-bond donors (Lipinski definition) is 1. The molecule has 0 amide bonds. The van der Waals surface area contributed by atoms with E-state index in [9.17, 15) is 0 Å². The van der Waals surface area contributed by atoms with Crippen LogP contribution < -0.4 is 5.32 Å². The second kappa shape index (κ2) is 4.86. The first-order valence-corrected chi connectivity index (χ1v) is 6.88. The van der Waals surface area contributed by atoms with Gasteiger partial charge in [0.2, 0.25) is 0 Å². The van der Waals surface area contributed by atoms with E-state index in [1.165, 1.54) is 38.4 Å². The molecule has 1 N–H and O–H groups in total. The maximum absolute atomic E-state index is 3.46. The van der Waals surface area contributed by atoms with Gasteiger partial charge in [-0.2, -0.15) is 11.8 Å². The Labute approximate surface area is 91.8 Å². The first-order valence-electron chi connectivity index (χ1n) is 5.83. The van der Waals surface area contributed by atoms with Gasteiger partial charge >= 0.3 is 0 Å². The van der Waals surface area contributed by atoms with Crippen molar-refractivity contribution < 1.29 is 0 Å². The molecule has 0 saturated carbocycles. The SMILES string of the molecule is CC1SCCN(CC2CCNC2)C1C. The molecule has 3 atom stereocenters. The van der Waals surface area contributed by atoms with Gasteiger partial charge in [-0.15, -0.1) is 0 Å². The predicted octanol–water partition coefficient (Wildman–Crippen LogP) is 1.42. The summed E-state index contributed by atoms with van der Waals surface area (Å²) in [5, 5.41) is 4.27. The van der Waals surface area contributed by atoms with Gasteiger partial charge in [-0.1, -0.05) is 6.92 Å². The zero-order chi connectivity index (χ0) is 9.97. The molecular formula is C11H22N2S. The van der Waals surface area contributed by atoms with E-state index in [0.717, 1.165) is 17.2 Å². The Kier molecular flexibility index (Phi) is 3.74. The molecule has 0 aromatic carbocycles. The first kappa shape index (κ1) is 10.8. The average Bonchev–Trinajstić information content (AvgIpc) is 2.66. The highest BCUT2D eigenvalue weighted by molar-refractivity contribution is 8.00. The fourth-order valence-electron chi connectivity index (χ4n) is 2.46. The van der Waals surface area contributed by atoms with Crippen molar-refractivity contribution in [3.05, 3.63) is 0 Å². The van der Waals surface area contributed by atoms with Crippen LogP contribution >= 0.6 is 11.8 Å². The molecule has 82 valence electrons. The Morgan fingerprint density at radius 2 is 2.29 bits per heavy atom. The van der Waals surface area contributed by atoms with Gasteiger partial charge in [0.25, 0.3) is 0 Å². The van der Waals surface area contributed by atoms with Crippen molar-refractivity contribution in [3.8, 4) is 0 Å². The van der Waals surface area contributed by atoms with Gasteiger partial charge in [-0.25, -0.2) is 0 Å². The van der Waals surface area contributed by atoms with E-state index in [-0.39, 0.29) is 0 Å². The molecule has 2 saturated heterocycles. The minimum Gasteiger partial charge on any atom is -0.316 e. The summed E-state index contributed by atoms with van der Waals surface area (Å²) >= 11 is 2.13. The molecule has 0 radical (unpaired) electrons. The highest BCUT2D eigenvalue weighted by atomic mass is 32.2. The van der Waals surface area contributed by atoms with Crippen LogP contribution in [-0.2, 0) is 0 Å². The molecular weight excluding hydrogens is 192 g/mol. The van der Waals surface area contributed by atoms with Crippen molar-refractivity contribution in [1.82, 2.24) is 10.2 Å². The number of thioether (sulfide) groups is 1. The van der Waals surface area contributed by atoms with Crippen LogP contribution in [0.4, 0.5) is 0 Å². The quantitative estimate of drug-likeness (QED) is 0.748. The number of nitrogens with one attached hydrogen (secondary N) is 1. The molecule has 14 heavy (non-hydrogen) atoms.